The van der Waals surface area contributed by atoms with Gasteiger partial charge in [0.25, 0.3) is 0 Å². The number of hydrogen-bond acceptors (Lipinski definition) is 4. The second-order valence-electron chi connectivity index (χ2n) is 5.90. The highest BCUT2D eigenvalue weighted by Gasteiger charge is 2.13. The Morgan fingerprint density at radius 3 is 2.61 bits per heavy atom. The van der Waals surface area contributed by atoms with Crippen molar-refractivity contribution < 1.29 is 14.2 Å². The van der Waals surface area contributed by atoms with Crippen molar-refractivity contribution in [3.8, 4) is 17.2 Å². The van der Waals surface area contributed by atoms with Crippen LogP contribution in [0.15, 0.2) is 30.3 Å². The van der Waals surface area contributed by atoms with Crippen LogP contribution in [0.3, 0.4) is 0 Å². The Hall–Kier alpha value is -2.20. The van der Waals surface area contributed by atoms with Gasteiger partial charge in [0.15, 0.2) is 11.5 Å². The van der Waals surface area contributed by atoms with Crippen LogP contribution >= 0.6 is 0 Å². The standard InChI is InChI=1S/C19H23NO3/c1-13-8-15(3)16(9-14(13)2)11-20-6-7-21-17-4-5-18-19(10-17)23-12-22-18/h4-5,8-10,20H,6-7,11-12H2,1-3H3. The molecule has 0 saturated heterocycles. The summed E-state index contributed by atoms with van der Waals surface area (Å²) in [5.74, 6) is 2.33. The SMILES string of the molecule is Cc1cc(C)c(CNCCOc2ccc3c(c2)OCO3)cc1C. The van der Waals surface area contributed by atoms with Gasteiger partial charge in [-0.2, -0.15) is 0 Å². The van der Waals surface area contributed by atoms with E-state index in [0.717, 1.165) is 30.3 Å². The molecule has 0 spiro atoms. The molecule has 23 heavy (non-hydrogen) atoms. The van der Waals surface area contributed by atoms with Crippen molar-refractivity contribution in [2.75, 3.05) is 19.9 Å². The van der Waals surface area contributed by atoms with Gasteiger partial charge in [-0.3, -0.25) is 0 Å². The highest BCUT2D eigenvalue weighted by Crippen LogP contribution is 2.34. The lowest BCUT2D eigenvalue weighted by Gasteiger charge is -2.12. The fraction of sp³-hybridized carbons (Fsp3) is 0.368. The molecule has 0 aromatic heterocycles. The first-order chi connectivity index (χ1) is 11.1. The van der Waals surface area contributed by atoms with Crippen molar-refractivity contribution in [1.82, 2.24) is 5.32 Å². The van der Waals surface area contributed by atoms with Crippen LogP contribution in [0.2, 0.25) is 0 Å². The van der Waals surface area contributed by atoms with E-state index in [-0.39, 0.29) is 6.79 Å². The van der Waals surface area contributed by atoms with E-state index in [1.54, 1.807) is 0 Å². The molecule has 4 heteroatoms. The molecule has 0 aliphatic carbocycles. The Morgan fingerprint density at radius 2 is 1.74 bits per heavy atom. The highest BCUT2D eigenvalue weighted by atomic mass is 16.7. The van der Waals surface area contributed by atoms with Crippen LogP contribution in [0, 0.1) is 20.8 Å². The predicted molar refractivity (Wildman–Crippen MR) is 90.4 cm³/mol. The van der Waals surface area contributed by atoms with Gasteiger partial charge < -0.3 is 19.5 Å². The minimum absolute atomic E-state index is 0.287. The van der Waals surface area contributed by atoms with Gasteiger partial charge in [-0.05, 0) is 55.2 Å². The molecule has 0 bridgehead atoms. The van der Waals surface area contributed by atoms with Gasteiger partial charge in [-0.1, -0.05) is 12.1 Å². The summed E-state index contributed by atoms with van der Waals surface area (Å²) < 4.78 is 16.4. The fourth-order valence-corrected chi connectivity index (χ4v) is 2.64. The van der Waals surface area contributed by atoms with Crippen molar-refractivity contribution >= 4 is 0 Å². The van der Waals surface area contributed by atoms with Crippen molar-refractivity contribution in [3.63, 3.8) is 0 Å². The average Bonchev–Trinajstić information content (AvgIpc) is 2.99. The zero-order valence-electron chi connectivity index (χ0n) is 13.9. The van der Waals surface area contributed by atoms with Gasteiger partial charge in [-0.15, -0.1) is 0 Å². The van der Waals surface area contributed by atoms with Crippen molar-refractivity contribution in [1.29, 1.82) is 0 Å². The van der Waals surface area contributed by atoms with Crippen LogP contribution in [-0.4, -0.2) is 19.9 Å². The molecule has 1 aliphatic heterocycles. The number of benzene rings is 2. The summed E-state index contributed by atoms with van der Waals surface area (Å²) in [6, 6.07) is 10.2. The summed E-state index contributed by atoms with van der Waals surface area (Å²) in [6.45, 7) is 9.02. The zero-order valence-corrected chi connectivity index (χ0v) is 13.9. The predicted octanol–water partition coefficient (Wildman–Crippen LogP) is 3.51. The molecule has 0 atom stereocenters. The summed E-state index contributed by atoms with van der Waals surface area (Å²) in [7, 11) is 0. The molecule has 0 unspecified atom stereocenters. The molecule has 0 radical (unpaired) electrons. The smallest absolute Gasteiger partial charge is 0.231 e. The largest absolute Gasteiger partial charge is 0.492 e. The maximum Gasteiger partial charge on any atom is 0.231 e. The molecule has 1 aliphatic rings. The van der Waals surface area contributed by atoms with E-state index < -0.39 is 0 Å². The average molecular weight is 313 g/mol. The third-order valence-corrected chi connectivity index (χ3v) is 4.16. The Morgan fingerprint density at radius 1 is 0.957 bits per heavy atom. The summed E-state index contributed by atoms with van der Waals surface area (Å²) in [5, 5.41) is 3.43. The van der Waals surface area contributed by atoms with E-state index in [1.165, 1.54) is 22.3 Å². The maximum absolute atomic E-state index is 5.74. The zero-order chi connectivity index (χ0) is 16.2. The Bertz CT molecular complexity index is 697. The second kappa shape index (κ2) is 6.92. The Labute approximate surface area is 137 Å². The lowest BCUT2D eigenvalue weighted by molar-refractivity contribution is 0.173. The minimum atomic E-state index is 0.287. The number of hydrogen-bond donors (Lipinski definition) is 1. The Kier molecular flexibility index (Phi) is 4.72. The molecule has 0 fully saturated rings. The van der Waals surface area contributed by atoms with Gasteiger partial charge in [0, 0.05) is 19.2 Å². The topological polar surface area (TPSA) is 39.7 Å². The lowest BCUT2D eigenvalue weighted by Crippen LogP contribution is -2.21. The third kappa shape index (κ3) is 3.77. The molecule has 0 saturated carbocycles. The molecule has 122 valence electrons. The lowest BCUT2D eigenvalue weighted by atomic mass is 10.0. The number of nitrogens with one attached hydrogen (secondary N) is 1. The fourth-order valence-electron chi connectivity index (χ4n) is 2.64. The van der Waals surface area contributed by atoms with Crippen molar-refractivity contribution in [3.05, 3.63) is 52.6 Å². The van der Waals surface area contributed by atoms with E-state index in [0.29, 0.717) is 6.61 Å². The van der Waals surface area contributed by atoms with Crippen molar-refractivity contribution in [2.24, 2.45) is 0 Å². The van der Waals surface area contributed by atoms with E-state index in [4.69, 9.17) is 14.2 Å². The Balaban J connectivity index is 1.44. The van der Waals surface area contributed by atoms with Crippen LogP contribution in [0.5, 0.6) is 17.2 Å². The highest BCUT2D eigenvalue weighted by molar-refractivity contribution is 5.46. The van der Waals surface area contributed by atoms with Crippen LogP contribution in [0.4, 0.5) is 0 Å². The van der Waals surface area contributed by atoms with Gasteiger partial charge in [0.05, 0.1) is 0 Å². The maximum atomic E-state index is 5.74. The van der Waals surface area contributed by atoms with E-state index in [9.17, 15) is 0 Å². The minimum Gasteiger partial charge on any atom is -0.492 e. The van der Waals surface area contributed by atoms with Crippen LogP contribution in [-0.2, 0) is 6.54 Å². The van der Waals surface area contributed by atoms with E-state index in [1.807, 2.05) is 18.2 Å². The number of ether oxygens (including phenoxy) is 3. The first-order valence-electron chi connectivity index (χ1n) is 7.93. The van der Waals surface area contributed by atoms with E-state index >= 15 is 0 Å². The summed E-state index contributed by atoms with van der Waals surface area (Å²) in [4.78, 5) is 0. The molecule has 3 rings (SSSR count). The quantitative estimate of drug-likeness (QED) is 0.829. The first-order valence-corrected chi connectivity index (χ1v) is 7.93. The van der Waals surface area contributed by atoms with Crippen molar-refractivity contribution in [2.45, 2.75) is 27.3 Å². The normalized spacial score (nSPS) is 12.5. The summed E-state index contributed by atoms with van der Waals surface area (Å²) in [6.07, 6.45) is 0. The van der Waals surface area contributed by atoms with E-state index in [2.05, 4.69) is 38.2 Å². The summed E-state index contributed by atoms with van der Waals surface area (Å²) >= 11 is 0. The van der Waals surface area contributed by atoms with Gasteiger partial charge in [0.2, 0.25) is 6.79 Å². The van der Waals surface area contributed by atoms with Gasteiger partial charge >= 0.3 is 0 Å². The molecule has 1 heterocycles. The van der Waals surface area contributed by atoms with Crippen LogP contribution in [0.1, 0.15) is 22.3 Å². The number of rotatable bonds is 6. The molecule has 2 aromatic carbocycles. The van der Waals surface area contributed by atoms with Gasteiger partial charge in [0.1, 0.15) is 12.4 Å². The second-order valence-corrected chi connectivity index (χ2v) is 5.90. The molecule has 2 aromatic rings. The van der Waals surface area contributed by atoms with Crippen LogP contribution < -0.4 is 19.5 Å². The first kappa shape index (κ1) is 15.7. The van der Waals surface area contributed by atoms with Gasteiger partial charge in [-0.25, -0.2) is 0 Å². The molecular formula is C19H23NO3. The molecule has 0 amide bonds. The number of fused-ring (bicyclic) bond motifs is 1. The number of aryl methyl sites for hydroxylation is 3. The van der Waals surface area contributed by atoms with Crippen LogP contribution in [0.25, 0.3) is 0 Å². The third-order valence-electron chi connectivity index (χ3n) is 4.16. The molecule has 1 N–H and O–H groups in total. The monoisotopic (exact) mass is 313 g/mol. The summed E-state index contributed by atoms with van der Waals surface area (Å²) in [5.41, 5.74) is 5.36. The molecular weight excluding hydrogens is 290 g/mol. The molecule has 4 nitrogen and oxygen atoms in total.